The highest BCUT2D eigenvalue weighted by atomic mass is 35.5. The number of methoxy groups -OCH3 is 1. The van der Waals surface area contributed by atoms with Crippen molar-refractivity contribution in [2.75, 3.05) is 20.3 Å². The fourth-order valence-electron chi connectivity index (χ4n) is 2.72. The van der Waals surface area contributed by atoms with Crippen LogP contribution < -0.4 is 11.3 Å². The maximum atomic E-state index is 6.24. The SMILES string of the molecule is COC1(C(Cc2ccc(Cl)cc2Cl)NN)CCOCC1. The molecule has 0 radical (unpaired) electrons. The third-order valence-electron chi connectivity index (χ3n) is 4.02. The van der Waals surface area contributed by atoms with E-state index >= 15 is 0 Å². The summed E-state index contributed by atoms with van der Waals surface area (Å²) < 4.78 is 11.2. The summed E-state index contributed by atoms with van der Waals surface area (Å²) in [4.78, 5) is 0. The molecule has 0 aromatic heterocycles. The predicted octanol–water partition coefficient (Wildman–Crippen LogP) is 2.56. The van der Waals surface area contributed by atoms with Crippen LogP contribution in [-0.2, 0) is 15.9 Å². The van der Waals surface area contributed by atoms with E-state index < -0.39 is 0 Å². The lowest BCUT2D eigenvalue weighted by atomic mass is 9.83. The molecule has 1 aliphatic heterocycles. The Hall–Kier alpha value is -0.360. The average Bonchev–Trinajstić information content (AvgIpc) is 2.47. The van der Waals surface area contributed by atoms with E-state index in [4.69, 9.17) is 38.5 Å². The zero-order valence-electron chi connectivity index (χ0n) is 11.5. The van der Waals surface area contributed by atoms with Gasteiger partial charge in [0.25, 0.3) is 0 Å². The van der Waals surface area contributed by atoms with Gasteiger partial charge in [-0.15, -0.1) is 0 Å². The van der Waals surface area contributed by atoms with Gasteiger partial charge in [-0.05, 0) is 24.1 Å². The van der Waals surface area contributed by atoms with Gasteiger partial charge in [-0.1, -0.05) is 29.3 Å². The summed E-state index contributed by atoms with van der Waals surface area (Å²) in [6.07, 6.45) is 2.30. The van der Waals surface area contributed by atoms with Crippen molar-refractivity contribution in [2.45, 2.75) is 30.9 Å². The Balaban J connectivity index is 2.18. The Labute approximate surface area is 129 Å². The lowest BCUT2D eigenvalue weighted by Gasteiger charge is -2.42. The predicted molar refractivity (Wildman–Crippen MR) is 81.1 cm³/mol. The number of hydrazine groups is 1. The monoisotopic (exact) mass is 318 g/mol. The highest BCUT2D eigenvalue weighted by Crippen LogP contribution is 2.31. The van der Waals surface area contributed by atoms with Crippen LogP contribution in [0, 0.1) is 0 Å². The zero-order valence-corrected chi connectivity index (χ0v) is 13.0. The van der Waals surface area contributed by atoms with Crippen LogP contribution in [-0.4, -0.2) is 32.0 Å². The molecule has 112 valence electrons. The lowest BCUT2D eigenvalue weighted by molar-refractivity contribution is -0.110. The van der Waals surface area contributed by atoms with Crippen LogP contribution in [0.1, 0.15) is 18.4 Å². The zero-order chi connectivity index (χ0) is 14.6. The molecule has 2 rings (SSSR count). The molecule has 0 bridgehead atoms. The summed E-state index contributed by atoms with van der Waals surface area (Å²) >= 11 is 12.2. The maximum Gasteiger partial charge on any atom is 0.0891 e. The number of hydrogen-bond donors (Lipinski definition) is 2. The molecular weight excluding hydrogens is 299 g/mol. The second kappa shape index (κ2) is 7.07. The smallest absolute Gasteiger partial charge is 0.0891 e. The highest BCUT2D eigenvalue weighted by Gasteiger charge is 2.40. The van der Waals surface area contributed by atoms with E-state index in [0.717, 1.165) is 18.4 Å². The summed E-state index contributed by atoms with van der Waals surface area (Å²) in [5.41, 5.74) is 3.56. The minimum Gasteiger partial charge on any atom is -0.381 e. The normalized spacial score (nSPS) is 19.8. The van der Waals surface area contributed by atoms with Gasteiger partial charge in [0.1, 0.15) is 0 Å². The molecule has 1 saturated heterocycles. The van der Waals surface area contributed by atoms with E-state index in [0.29, 0.717) is 29.7 Å². The Kier molecular flexibility index (Phi) is 5.66. The fraction of sp³-hybridized carbons (Fsp3) is 0.571. The molecule has 1 aromatic carbocycles. The van der Waals surface area contributed by atoms with Crippen LogP contribution in [0.25, 0.3) is 0 Å². The van der Waals surface area contributed by atoms with Gasteiger partial charge in [0.15, 0.2) is 0 Å². The Morgan fingerprint density at radius 2 is 2.10 bits per heavy atom. The van der Waals surface area contributed by atoms with Gasteiger partial charge >= 0.3 is 0 Å². The molecule has 1 aromatic rings. The van der Waals surface area contributed by atoms with Crippen molar-refractivity contribution in [1.29, 1.82) is 0 Å². The molecule has 3 N–H and O–H groups in total. The number of rotatable bonds is 5. The molecule has 4 nitrogen and oxygen atoms in total. The number of nitrogens with one attached hydrogen (secondary N) is 1. The van der Waals surface area contributed by atoms with Gasteiger partial charge in [-0.3, -0.25) is 11.3 Å². The molecule has 0 saturated carbocycles. The lowest BCUT2D eigenvalue weighted by Crippen LogP contribution is -2.58. The standard InChI is InChI=1S/C14H20Cl2N2O2/c1-19-14(4-6-20-7-5-14)13(18-17)8-10-2-3-11(15)9-12(10)16/h2-3,9,13,18H,4-8,17H2,1H3. The molecule has 1 atom stereocenters. The van der Waals surface area contributed by atoms with E-state index in [-0.39, 0.29) is 11.6 Å². The van der Waals surface area contributed by atoms with Gasteiger partial charge in [0, 0.05) is 43.2 Å². The molecular formula is C14H20Cl2N2O2. The van der Waals surface area contributed by atoms with Crippen molar-refractivity contribution in [1.82, 2.24) is 5.43 Å². The molecule has 6 heteroatoms. The van der Waals surface area contributed by atoms with Crippen LogP contribution >= 0.6 is 23.2 Å². The van der Waals surface area contributed by atoms with Gasteiger partial charge in [0.05, 0.1) is 11.6 Å². The summed E-state index contributed by atoms with van der Waals surface area (Å²) in [5, 5.41) is 1.28. The minimum absolute atomic E-state index is 0.0323. The number of halogens is 2. The molecule has 0 spiro atoms. The first-order valence-electron chi connectivity index (χ1n) is 6.64. The Morgan fingerprint density at radius 3 is 2.65 bits per heavy atom. The minimum atomic E-state index is -0.323. The maximum absolute atomic E-state index is 6.24. The molecule has 0 amide bonds. The van der Waals surface area contributed by atoms with E-state index in [2.05, 4.69) is 5.43 Å². The quantitative estimate of drug-likeness (QED) is 0.647. The fourth-order valence-corrected chi connectivity index (χ4v) is 3.20. The van der Waals surface area contributed by atoms with Crippen LogP contribution in [0.3, 0.4) is 0 Å². The van der Waals surface area contributed by atoms with Crippen molar-refractivity contribution < 1.29 is 9.47 Å². The third-order valence-corrected chi connectivity index (χ3v) is 4.61. The van der Waals surface area contributed by atoms with Crippen LogP contribution in [0.5, 0.6) is 0 Å². The third kappa shape index (κ3) is 3.45. The topological polar surface area (TPSA) is 56.5 Å². The van der Waals surface area contributed by atoms with Gasteiger partial charge in [-0.2, -0.15) is 0 Å². The number of nitrogens with two attached hydrogens (primary N) is 1. The van der Waals surface area contributed by atoms with E-state index in [9.17, 15) is 0 Å². The van der Waals surface area contributed by atoms with Crippen molar-refractivity contribution in [2.24, 2.45) is 5.84 Å². The van der Waals surface area contributed by atoms with E-state index in [1.807, 2.05) is 12.1 Å². The van der Waals surface area contributed by atoms with Crippen molar-refractivity contribution in [3.8, 4) is 0 Å². The van der Waals surface area contributed by atoms with Gasteiger partial charge in [0.2, 0.25) is 0 Å². The van der Waals surface area contributed by atoms with E-state index in [1.54, 1.807) is 13.2 Å². The summed E-state index contributed by atoms with van der Waals surface area (Å²) in [5.74, 6) is 5.75. The molecule has 1 unspecified atom stereocenters. The summed E-state index contributed by atoms with van der Waals surface area (Å²) in [6, 6.07) is 5.47. The first kappa shape index (κ1) is 16.0. The summed E-state index contributed by atoms with van der Waals surface area (Å²) in [7, 11) is 1.72. The van der Waals surface area contributed by atoms with Crippen LogP contribution in [0.15, 0.2) is 18.2 Å². The Morgan fingerprint density at radius 1 is 1.40 bits per heavy atom. The molecule has 1 aliphatic rings. The number of hydrogen-bond acceptors (Lipinski definition) is 4. The van der Waals surface area contributed by atoms with E-state index in [1.165, 1.54) is 0 Å². The van der Waals surface area contributed by atoms with Gasteiger partial charge in [-0.25, -0.2) is 0 Å². The molecule has 20 heavy (non-hydrogen) atoms. The first-order chi connectivity index (χ1) is 9.61. The van der Waals surface area contributed by atoms with Crippen LogP contribution in [0.2, 0.25) is 10.0 Å². The number of benzene rings is 1. The van der Waals surface area contributed by atoms with Crippen molar-refractivity contribution >= 4 is 23.2 Å². The van der Waals surface area contributed by atoms with Crippen molar-refractivity contribution in [3.05, 3.63) is 33.8 Å². The Bertz CT molecular complexity index is 451. The van der Waals surface area contributed by atoms with Crippen molar-refractivity contribution in [3.63, 3.8) is 0 Å². The second-order valence-electron chi connectivity index (χ2n) is 5.04. The highest BCUT2D eigenvalue weighted by molar-refractivity contribution is 6.35. The summed E-state index contributed by atoms with van der Waals surface area (Å²) in [6.45, 7) is 1.36. The number of ether oxygens (including phenoxy) is 2. The largest absolute Gasteiger partial charge is 0.381 e. The van der Waals surface area contributed by atoms with Crippen LogP contribution in [0.4, 0.5) is 0 Å². The first-order valence-corrected chi connectivity index (χ1v) is 7.40. The molecule has 1 fully saturated rings. The average molecular weight is 319 g/mol. The van der Waals surface area contributed by atoms with Gasteiger partial charge < -0.3 is 9.47 Å². The second-order valence-corrected chi connectivity index (χ2v) is 5.88. The molecule has 0 aliphatic carbocycles. The molecule has 1 heterocycles.